The van der Waals surface area contributed by atoms with Crippen LogP contribution < -0.4 is 10.6 Å². The highest BCUT2D eigenvalue weighted by molar-refractivity contribution is 6.35. The van der Waals surface area contributed by atoms with Crippen molar-refractivity contribution in [2.45, 2.75) is 26.8 Å². The Hall–Kier alpha value is -2.01. The molecule has 2 rings (SSSR count). The van der Waals surface area contributed by atoms with Crippen molar-refractivity contribution in [1.29, 1.82) is 0 Å². The lowest BCUT2D eigenvalue weighted by Crippen LogP contribution is -2.39. The van der Waals surface area contributed by atoms with Gasteiger partial charge in [0.05, 0.1) is 11.6 Å². The van der Waals surface area contributed by atoms with E-state index in [0.29, 0.717) is 16.2 Å². The summed E-state index contributed by atoms with van der Waals surface area (Å²) in [6.45, 7) is 5.39. The maximum atomic E-state index is 12.1. The number of aryl methyl sites for hydroxylation is 1. The van der Waals surface area contributed by atoms with E-state index in [1.54, 1.807) is 19.1 Å². The highest BCUT2D eigenvalue weighted by atomic mass is 35.5. The van der Waals surface area contributed by atoms with Gasteiger partial charge in [-0.15, -0.1) is 0 Å². The average Bonchev–Trinajstić information content (AvgIpc) is 2.75. The van der Waals surface area contributed by atoms with Gasteiger partial charge in [-0.1, -0.05) is 23.7 Å². The number of halogens is 1. The van der Waals surface area contributed by atoms with Crippen molar-refractivity contribution in [3.8, 4) is 0 Å². The summed E-state index contributed by atoms with van der Waals surface area (Å²) in [5.74, 6) is -0.501. The number of hydrogen-bond acceptors (Lipinski definition) is 3. The van der Waals surface area contributed by atoms with Gasteiger partial charge in [0, 0.05) is 17.0 Å². The van der Waals surface area contributed by atoms with Crippen molar-refractivity contribution < 1.29 is 14.0 Å². The van der Waals surface area contributed by atoms with Crippen LogP contribution in [0.3, 0.4) is 0 Å². The fraction of sp³-hybridized carbons (Fsp3) is 0.333. The van der Waals surface area contributed by atoms with Crippen molar-refractivity contribution in [3.05, 3.63) is 34.5 Å². The first-order chi connectivity index (χ1) is 9.90. The van der Waals surface area contributed by atoms with Crippen LogP contribution in [0.15, 0.2) is 22.6 Å². The van der Waals surface area contributed by atoms with E-state index in [0.717, 1.165) is 5.39 Å². The molecule has 0 atom stereocenters. The zero-order valence-corrected chi connectivity index (χ0v) is 12.9. The first-order valence-corrected chi connectivity index (χ1v) is 7.03. The lowest BCUT2D eigenvalue weighted by atomic mass is 10.1. The molecule has 0 spiro atoms. The number of carbonyl (C=O) groups excluding carboxylic acids is 2. The van der Waals surface area contributed by atoms with E-state index in [-0.39, 0.29) is 24.3 Å². The topological polar surface area (TPSA) is 71.3 Å². The number of benzene rings is 1. The minimum Gasteiger partial charge on any atom is -0.449 e. The van der Waals surface area contributed by atoms with Crippen LogP contribution in [0.2, 0.25) is 5.02 Å². The van der Waals surface area contributed by atoms with E-state index in [1.807, 2.05) is 19.9 Å². The Labute approximate surface area is 127 Å². The van der Waals surface area contributed by atoms with Crippen molar-refractivity contribution in [3.63, 3.8) is 0 Å². The monoisotopic (exact) mass is 308 g/mol. The molecule has 0 aliphatic rings. The SMILES string of the molecule is Cc1c(C(=O)NCC(=O)NC(C)C)oc2c(Cl)cccc12. The van der Waals surface area contributed by atoms with E-state index in [4.69, 9.17) is 16.0 Å². The lowest BCUT2D eigenvalue weighted by molar-refractivity contribution is -0.120. The molecule has 0 fully saturated rings. The number of nitrogens with one attached hydrogen (secondary N) is 2. The molecule has 6 heteroatoms. The number of rotatable bonds is 4. The van der Waals surface area contributed by atoms with Gasteiger partial charge >= 0.3 is 0 Å². The molecule has 1 aromatic heterocycles. The summed E-state index contributed by atoms with van der Waals surface area (Å²) in [4.78, 5) is 23.6. The predicted octanol–water partition coefficient (Wildman–Crippen LogP) is 2.65. The second-order valence-electron chi connectivity index (χ2n) is 5.08. The highest BCUT2D eigenvalue weighted by Crippen LogP contribution is 2.30. The van der Waals surface area contributed by atoms with E-state index in [1.165, 1.54) is 0 Å². The van der Waals surface area contributed by atoms with Gasteiger partial charge in [-0.2, -0.15) is 0 Å². The van der Waals surface area contributed by atoms with Crippen molar-refractivity contribution in [2.24, 2.45) is 0 Å². The molecule has 0 aliphatic carbocycles. The van der Waals surface area contributed by atoms with Crippen LogP contribution in [0, 0.1) is 6.92 Å². The fourth-order valence-corrected chi connectivity index (χ4v) is 2.25. The number of furan rings is 1. The smallest absolute Gasteiger partial charge is 0.287 e. The zero-order valence-electron chi connectivity index (χ0n) is 12.1. The number of fused-ring (bicyclic) bond motifs is 1. The minimum absolute atomic E-state index is 0.0288. The van der Waals surface area contributed by atoms with Gasteiger partial charge in [0.2, 0.25) is 5.91 Å². The standard InChI is InChI=1S/C15H17ClN2O3/c1-8(2)18-12(19)7-17-15(20)13-9(3)10-5-4-6-11(16)14(10)21-13/h4-6,8H,7H2,1-3H3,(H,17,20)(H,18,19). The predicted molar refractivity (Wildman–Crippen MR) is 81.6 cm³/mol. The van der Waals surface area contributed by atoms with Crippen LogP contribution in [-0.4, -0.2) is 24.4 Å². The molecule has 2 N–H and O–H groups in total. The quantitative estimate of drug-likeness (QED) is 0.912. The van der Waals surface area contributed by atoms with Gasteiger partial charge in [-0.3, -0.25) is 9.59 Å². The van der Waals surface area contributed by atoms with Gasteiger partial charge in [0.1, 0.15) is 0 Å². The number of hydrogen-bond donors (Lipinski definition) is 2. The third kappa shape index (κ3) is 3.36. The molecule has 0 bridgehead atoms. The van der Waals surface area contributed by atoms with Crippen LogP contribution in [0.25, 0.3) is 11.0 Å². The van der Waals surface area contributed by atoms with Crippen LogP contribution in [0.1, 0.15) is 30.0 Å². The molecule has 1 aromatic carbocycles. The molecule has 0 saturated heterocycles. The van der Waals surface area contributed by atoms with E-state index in [9.17, 15) is 9.59 Å². The summed E-state index contributed by atoms with van der Waals surface area (Å²) in [6, 6.07) is 5.36. The third-order valence-electron chi connectivity index (χ3n) is 2.98. The highest BCUT2D eigenvalue weighted by Gasteiger charge is 2.19. The van der Waals surface area contributed by atoms with Gasteiger partial charge in [-0.25, -0.2) is 0 Å². The second-order valence-corrected chi connectivity index (χ2v) is 5.48. The summed E-state index contributed by atoms with van der Waals surface area (Å²) >= 11 is 6.04. The molecule has 0 radical (unpaired) electrons. The Morgan fingerprint density at radius 2 is 2.05 bits per heavy atom. The molecule has 1 heterocycles. The number of carbonyl (C=O) groups is 2. The Kier molecular flexibility index (Phi) is 4.53. The Bertz CT molecular complexity index is 692. The van der Waals surface area contributed by atoms with Crippen LogP contribution >= 0.6 is 11.6 Å². The maximum Gasteiger partial charge on any atom is 0.287 e. The van der Waals surface area contributed by atoms with Gasteiger partial charge in [0.25, 0.3) is 5.91 Å². The molecular weight excluding hydrogens is 292 g/mol. The van der Waals surface area contributed by atoms with Crippen molar-refractivity contribution in [1.82, 2.24) is 10.6 Å². The number of para-hydroxylation sites is 1. The summed E-state index contributed by atoms with van der Waals surface area (Å²) in [7, 11) is 0. The first-order valence-electron chi connectivity index (χ1n) is 6.65. The zero-order chi connectivity index (χ0) is 15.6. The summed E-state index contributed by atoms with van der Waals surface area (Å²) in [5.41, 5.74) is 1.18. The lowest BCUT2D eigenvalue weighted by Gasteiger charge is -2.08. The second kappa shape index (κ2) is 6.18. The van der Waals surface area contributed by atoms with Gasteiger partial charge < -0.3 is 15.1 Å². The average molecular weight is 309 g/mol. The van der Waals surface area contributed by atoms with Crippen molar-refractivity contribution >= 4 is 34.4 Å². The van der Waals surface area contributed by atoms with Crippen LogP contribution in [0.4, 0.5) is 0 Å². The molecule has 2 aromatic rings. The van der Waals surface area contributed by atoms with Crippen LogP contribution in [0.5, 0.6) is 0 Å². The van der Waals surface area contributed by atoms with E-state index >= 15 is 0 Å². The van der Waals surface area contributed by atoms with Crippen molar-refractivity contribution in [2.75, 3.05) is 6.54 Å². The number of amides is 2. The summed E-state index contributed by atoms with van der Waals surface area (Å²) in [6.07, 6.45) is 0. The molecule has 0 unspecified atom stereocenters. The molecule has 5 nitrogen and oxygen atoms in total. The van der Waals surface area contributed by atoms with E-state index in [2.05, 4.69) is 10.6 Å². The Balaban J connectivity index is 2.15. The summed E-state index contributed by atoms with van der Waals surface area (Å²) < 4.78 is 5.53. The summed E-state index contributed by atoms with van der Waals surface area (Å²) in [5, 5.41) is 6.47. The molecule has 0 saturated carbocycles. The minimum atomic E-state index is -0.432. The molecule has 2 amide bonds. The largest absolute Gasteiger partial charge is 0.449 e. The Morgan fingerprint density at radius 1 is 1.33 bits per heavy atom. The Morgan fingerprint density at radius 3 is 2.67 bits per heavy atom. The van der Waals surface area contributed by atoms with Gasteiger partial charge in [-0.05, 0) is 26.8 Å². The first kappa shape index (κ1) is 15.4. The molecule has 0 aliphatic heterocycles. The van der Waals surface area contributed by atoms with Crippen LogP contribution in [-0.2, 0) is 4.79 Å². The molecule has 21 heavy (non-hydrogen) atoms. The third-order valence-corrected chi connectivity index (χ3v) is 3.28. The fourth-order valence-electron chi connectivity index (χ4n) is 2.04. The van der Waals surface area contributed by atoms with E-state index < -0.39 is 5.91 Å². The molecular formula is C15H17ClN2O3. The van der Waals surface area contributed by atoms with Gasteiger partial charge in [0.15, 0.2) is 11.3 Å². The normalized spacial score (nSPS) is 10.9. The molecule has 112 valence electrons. The maximum absolute atomic E-state index is 12.1.